The van der Waals surface area contributed by atoms with Crippen molar-refractivity contribution in [2.24, 2.45) is 7.05 Å². The van der Waals surface area contributed by atoms with Gasteiger partial charge in [0.25, 0.3) is 0 Å². The minimum atomic E-state index is -3.14. The fraction of sp³-hybridized carbons (Fsp3) is 0.250. The average Bonchev–Trinajstić information content (AvgIpc) is 2.11. The van der Waals surface area contributed by atoms with Gasteiger partial charge in [0.1, 0.15) is 0 Å². The first-order valence-electron chi connectivity index (χ1n) is 2.47. The van der Waals surface area contributed by atoms with Gasteiger partial charge in [-0.05, 0) is 0 Å². The molecule has 0 aliphatic carbocycles. The molecule has 0 aromatic carbocycles. The zero-order valence-electron chi connectivity index (χ0n) is 5.23. The van der Waals surface area contributed by atoms with E-state index >= 15 is 0 Å². The summed E-state index contributed by atoms with van der Waals surface area (Å²) < 4.78 is 19.1. The lowest BCUT2D eigenvalue weighted by Crippen LogP contribution is -1.93. The predicted octanol–water partition coefficient (Wildman–Crippen LogP) is 1.68. The Balaban J connectivity index is 2.96. The summed E-state index contributed by atoms with van der Waals surface area (Å²) in [6.45, 7) is 0. The lowest BCUT2D eigenvalue weighted by Gasteiger charge is -2.18. The van der Waals surface area contributed by atoms with Crippen molar-refractivity contribution in [3.63, 3.8) is 0 Å². The first-order valence-corrected chi connectivity index (χ1v) is 4.85. The van der Waals surface area contributed by atoms with Crippen LogP contribution in [-0.4, -0.2) is 18.9 Å². The second kappa shape index (κ2) is 2.43. The Bertz CT molecular complexity index is 231. The molecule has 1 aromatic rings. The highest BCUT2D eigenvalue weighted by atomic mass is 35.7. The Hall–Kier alpha value is -0.230. The van der Waals surface area contributed by atoms with Crippen LogP contribution in [0.25, 0.3) is 0 Å². The SMILES string of the molecule is Cn1ccc(S(O)(O)Cl)n1. The van der Waals surface area contributed by atoms with E-state index in [0.29, 0.717) is 0 Å². The van der Waals surface area contributed by atoms with Crippen molar-refractivity contribution in [2.75, 3.05) is 0 Å². The summed E-state index contributed by atoms with van der Waals surface area (Å²) in [5.74, 6) is 0. The fourth-order valence-electron chi connectivity index (χ4n) is 0.532. The molecule has 0 radical (unpaired) electrons. The first-order chi connectivity index (χ1) is 4.50. The van der Waals surface area contributed by atoms with Gasteiger partial charge >= 0.3 is 0 Å². The zero-order valence-corrected chi connectivity index (χ0v) is 6.80. The van der Waals surface area contributed by atoms with Crippen LogP contribution in [0.15, 0.2) is 17.3 Å². The van der Waals surface area contributed by atoms with Gasteiger partial charge < -0.3 is 0 Å². The van der Waals surface area contributed by atoms with Gasteiger partial charge in [-0.25, -0.2) is 0 Å². The molecule has 0 spiro atoms. The van der Waals surface area contributed by atoms with Gasteiger partial charge in [-0.2, -0.15) is 5.10 Å². The van der Waals surface area contributed by atoms with Gasteiger partial charge in [0.2, 0.25) is 0 Å². The highest BCUT2D eigenvalue weighted by Crippen LogP contribution is 2.51. The topological polar surface area (TPSA) is 58.3 Å². The summed E-state index contributed by atoms with van der Waals surface area (Å²) >= 11 is 0. The predicted molar refractivity (Wildman–Crippen MR) is 40.2 cm³/mol. The standard InChI is InChI=1S/C4H7ClN2O2S/c1-7-3-2-4(6-7)10(5,8)9/h2-3,8-9H,1H3. The average molecular weight is 183 g/mol. The molecule has 0 unspecified atom stereocenters. The molecule has 4 nitrogen and oxygen atoms in total. The van der Waals surface area contributed by atoms with E-state index in [-0.39, 0.29) is 5.03 Å². The van der Waals surface area contributed by atoms with E-state index in [2.05, 4.69) is 5.10 Å². The highest BCUT2D eigenvalue weighted by Gasteiger charge is 2.13. The number of rotatable bonds is 1. The maximum absolute atomic E-state index is 8.83. The van der Waals surface area contributed by atoms with Crippen LogP contribution in [0, 0.1) is 0 Å². The molecule has 1 heterocycles. The Morgan fingerprint density at radius 1 is 1.70 bits per heavy atom. The summed E-state index contributed by atoms with van der Waals surface area (Å²) in [4.78, 5) is 0. The van der Waals surface area contributed by atoms with Crippen LogP contribution in [0.4, 0.5) is 0 Å². The summed E-state index contributed by atoms with van der Waals surface area (Å²) in [5.41, 5.74) is 0. The molecule has 10 heavy (non-hydrogen) atoms. The van der Waals surface area contributed by atoms with E-state index in [1.807, 2.05) is 0 Å². The number of hydrogen-bond acceptors (Lipinski definition) is 3. The van der Waals surface area contributed by atoms with E-state index in [0.717, 1.165) is 0 Å². The smallest absolute Gasteiger partial charge is 0.185 e. The van der Waals surface area contributed by atoms with Crippen LogP contribution in [-0.2, 0) is 7.05 Å². The van der Waals surface area contributed by atoms with Gasteiger partial charge in [-0.15, -0.1) is 0 Å². The normalized spacial score (nSPS) is 13.6. The summed E-state index contributed by atoms with van der Waals surface area (Å²) in [6, 6.07) is 1.46. The maximum Gasteiger partial charge on any atom is 0.185 e. The van der Waals surface area contributed by atoms with E-state index in [1.165, 1.54) is 10.7 Å². The van der Waals surface area contributed by atoms with Gasteiger partial charge in [0, 0.05) is 30.0 Å². The minimum absolute atomic E-state index is 0.108. The summed E-state index contributed by atoms with van der Waals surface area (Å²) in [7, 11) is 3.72. The van der Waals surface area contributed by atoms with Gasteiger partial charge in [-0.3, -0.25) is 13.8 Å². The second-order valence-corrected chi connectivity index (χ2v) is 4.48. The van der Waals surface area contributed by atoms with Crippen molar-refractivity contribution < 1.29 is 9.11 Å². The van der Waals surface area contributed by atoms with Crippen molar-refractivity contribution in [3.8, 4) is 0 Å². The van der Waals surface area contributed by atoms with Crippen LogP contribution >= 0.6 is 20.5 Å². The zero-order chi connectivity index (χ0) is 7.78. The number of aryl methyl sites for hydroxylation is 1. The number of aromatic nitrogens is 2. The quantitative estimate of drug-likeness (QED) is 0.695. The second-order valence-electron chi connectivity index (χ2n) is 1.81. The van der Waals surface area contributed by atoms with Crippen LogP contribution in [0.3, 0.4) is 0 Å². The molecule has 0 atom stereocenters. The van der Waals surface area contributed by atoms with Crippen LogP contribution in [0.2, 0.25) is 0 Å². The lowest BCUT2D eigenvalue weighted by molar-refractivity contribution is 0.500. The van der Waals surface area contributed by atoms with Gasteiger partial charge in [0.05, 0.1) is 0 Å². The van der Waals surface area contributed by atoms with Gasteiger partial charge in [-0.1, -0.05) is 9.80 Å². The first kappa shape index (κ1) is 7.87. The van der Waals surface area contributed by atoms with E-state index in [9.17, 15) is 0 Å². The molecule has 0 aliphatic heterocycles. The monoisotopic (exact) mass is 182 g/mol. The Morgan fingerprint density at radius 2 is 2.30 bits per heavy atom. The molecule has 58 valence electrons. The van der Waals surface area contributed by atoms with Crippen LogP contribution < -0.4 is 0 Å². The van der Waals surface area contributed by atoms with Crippen LogP contribution in [0.1, 0.15) is 0 Å². The van der Waals surface area contributed by atoms with E-state index in [4.69, 9.17) is 19.8 Å². The number of nitrogens with zero attached hydrogens (tertiary/aromatic N) is 2. The Labute approximate surface area is 64.3 Å². The molecule has 0 saturated carbocycles. The van der Waals surface area contributed by atoms with Crippen molar-refractivity contribution >= 4 is 20.5 Å². The highest BCUT2D eigenvalue weighted by molar-refractivity contribution is 8.43. The molecule has 0 amide bonds. The van der Waals surface area contributed by atoms with Crippen molar-refractivity contribution in [2.45, 2.75) is 5.03 Å². The van der Waals surface area contributed by atoms with Crippen molar-refractivity contribution in [1.29, 1.82) is 0 Å². The molecule has 1 rings (SSSR count). The largest absolute Gasteiger partial charge is 0.280 e. The Kier molecular flexibility index (Phi) is 1.91. The molecule has 0 saturated heterocycles. The van der Waals surface area contributed by atoms with E-state index in [1.54, 1.807) is 13.2 Å². The molecule has 1 aromatic heterocycles. The Morgan fingerprint density at radius 3 is 2.50 bits per heavy atom. The van der Waals surface area contributed by atoms with E-state index < -0.39 is 9.80 Å². The number of halogens is 1. The lowest BCUT2D eigenvalue weighted by atomic mass is 10.7. The molecular formula is C4H7ClN2O2S. The third-order valence-corrected chi connectivity index (χ3v) is 2.18. The van der Waals surface area contributed by atoms with Crippen molar-refractivity contribution in [3.05, 3.63) is 12.3 Å². The molecule has 0 bridgehead atoms. The molecule has 2 N–H and O–H groups in total. The molecule has 0 aliphatic rings. The van der Waals surface area contributed by atoms with Gasteiger partial charge in [0.15, 0.2) is 5.03 Å². The van der Waals surface area contributed by atoms with Crippen molar-refractivity contribution in [1.82, 2.24) is 9.78 Å². The number of hydrogen-bond donors (Lipinski definition) is 2. The molecule has 6 heteroatoms. The summed E-state index contributed by atoms with van der Waals surface area (Å²) in [5, 5.41) is 3.81. The summed E-state index contributed by atoms with van der Waals surface area (Å²) in [6.07, 6.45) is 1.59. The molecule has 0 fully saturated rings. The fourth-order valence-corrected chi connectivity index (χ4v) is 1.25. The third kappa shape index (κ3) is 1.63. The van der Waals surface area contributed by atoms with Crippen LogP contribution in [0.5, 0.6) is 0 Å². The third-order valence-electron chi connectivity index (χ3n) is 0.955. The minimum Gasteiger partial charge on any atom is -0.280 e. The maximum atomic E-state index is 8.83. The molecular weight excluding hydrogens is 176 g/mol.